The predicted molar refractivity (Wildman–Crippen MR) is 70.7 cm³/mol. The summed E-state index contributed by atoms with van der Waals surface area (Å²) in [6.07, 6.45) is 3.46. The molecule has 1 aromatic carbocycles. The normalized spacial score (nSPS) is 15.4. The molecule has 0 atom stereocenters. The fraction of sp³-hybridized carbons (Fsp3) is 0. The highest BCUT2D eigenvalue weighted by Gasteiger charge is 2.25. The molecule has 2 heterocycles. The molecule has 0 aliphatic carbocycles. The van der Waals surface area contributed by atoms with Crippen molar-refractivity contribution in [2.75, 3.05) is 5.32 Å². The second-order valence-corrected chi connectivity index (χ2v) is 4.20. The molecule has 19 heavy (non-hydrogen) atoms. The number of nitrogens with one attached hydrogen (secondary N) is 2. The second kappa shape index (κ2) is 4.13. The van der Waals surface area contributed by atoms with E-state index in [4.69, 9.17) is 5.11 Å². The average molecular weight is 254 g/mol. The van der Waals surface area contributed by atoms with Crippen LogP contribution in [-0.2, 0) is 4.79 Å². The van der Waals surface area contributed by atoms with Crippen LogP contribution >= 0.6 is 0 Å². The molecule has 2 aromatic rings. The maximum atomic E-state index is 11.9. The number of carbonyl (C=O) groups is 2. The summed E-state index contributed by atoms with van der Waals surface area (Å²) < 4.78 is 0. The molecule has 1 aliphatic heterocycles. The van der Waals surface area contributed by atoms with E-state index in [0.717, 1.165) is 5.69 Å². The van der Waals surface area contributed by atoms with E-state index in [-0.39, 0.29) is 11.5 Å². The molecule has 3 N–H and O–H groups in total. The maximum Gasteiger partial charge on any atom is 0.335 e. The third-order valence-electron chi connectivity index (χ3n) is 2.97. The number of aromatic nitrogens is 1. The number of benzene rings is 1. The lowest BCUT2D eigenvalue weighted by Gasteiger charge is -2.00. The molecule has 5 heteroatoms. The second-order valence-electron chi connectivity index (χ2n) is 4.20. The standard InChI is InChI=1S/C14H10N2O3/c17-13-11(7-9-2-1-5-15-9)10-6-8(14(18)19)3-4-12(10)16-13/h1-7,15H,(H,16,17)(H,18,19)/b11-7+. The van der Waals surface area contributed by atoms with Gasteiger partial charge in [0.25, 0.3) is 5.91 Å². The summed E-state index contributed by atoms with van der Waals surface area (Å²) in [4.78, 5) is 25.9. The SMILES string of the molecule is O=C1Nc2ccc(C(=O)O)cc2/C1=C\c1ccc[nH]1. The van der Waals surface area contributed by atoms with Gasteiger partial charge in [0.05, 0.1) is 11.1 Å². The number of amides is 1. The summed E-state index contributed by atoms with van der Waals surface area (Å²) >= 11 is 0. The lowest BCUT2D eigenvalue weighted by Crippen LogP contribution is -2.03. The number of hydrogen-bond donors (Lipinski definition) is 3. The van der Waals surface area contributed by atoms with Crippen LogP contribution in [0, 0.1) is 0 Å². The Labute approximate surface area is 108 Å². The molecule has 0 unspecified atom stereocenters. The van der Waals surface area contributed by atoms with Crippen molar-refractivity contribution in [1.29, 1.82) is 0 Å². The Morgan fingerprint density at radius 3 is 2.79 bits per heavy atom. The molecule has 0 radical (unpaired) electrons. The molecule has 5 nitrogen and oxygen atoms in total. The predicted octanol–water partition coefficient (Wildman–Crippen LogP) is 2.21. The van der Waals surface area contributed by atoms with Crippen molar-refractivity contribution in [3.05, 3.63) is 53.3 Å². The van der Waals surface area contributed by atoms with Gasteiger partial charge < -0.3 is 15.4 Å². The van der Waals surface area contributed by atoms with Crippen molar-refractivity contribution < 1.29 is 14.7 Å². The van der Waals surface area contributed by atoms with Crippen LogP contribution in [-0.4, -0.2) is 22.0 Å². The van der Waals surface area contributed by atoms with E-state index in [2.05, 4.69) is 10.3 Å². The third kappa shape index (κ3) is 1.91. The van der Waals surface area contributed by atoms with Gasteiger partial charge in [-0.15, -0.1) is 0 Å². The highest BCUT2D eigenvalue weighted by molar-refractivity contribution is 6.35. The first-order chi connectivity index (χ1) is 9.15. The van der Waals surface area contributed by atoms with E-state index in [0.29, 0.717) is 16.8 Å². The van der Waals surface area contributed by atoms with E-state index < -0.39 is 5.97 Å². The molecule has 0 saturated heterocycles. The number of carboxylic acids is 1. The van der Waals surface area contributed by atoms with Crippen molar-refractivity contribution >= 4 is 29.2 Å². The summed E-state index contributed by atoms with van der Waals surface area (Å²) in [7, 11) is 0. The molecule has 3 rings (SSSR count). The zero-order chi connectivity index (χ0) is 13.4. The summed E-state index contributed by atoms with van der Waals surface area (Å²) in [5.74, 6) is -1.24. The van der Waals surface area contributed by atoms with Crippen LogP contribution in [0.3, 0.4) is 0 Å². The Kier molecular flexibility index (Phi) is 2.45. The zero-order valence-corrected chi connectivity index (χ0v) is 9.81. The molecule has 0 fully saturated rings. The quantitative estimate of drug-likeness (QED) is 0.718. The van der Waals surface area contributed by atoms with Gasteiger partial charge in [0.2, 0.25) is 0 Å². The first kappa shape index (κ1) is 11.3. The first-order valence-corrected chi connectivity index (χ1v) is 5.69. The fourth-order valence-electron chi connectivity index (χ4n) is 2.05. The fourth-order valence-corrected chi connectivity index (χ4v) is 2.05. The van der Waals surface area contributed by atoms with Crippen LogP contribution in [0.5, 0.6) is 0 Å². The highest BCUT2D eigenvalue weighted by atomic mass is 16.4. The largest absolute Gasteiger partial charge is 0.478 e. The van der Waals surface area contributed by atoms with Crippen molar-refractivity contribution in [3.63, 3.8) is 0 Å². The number of hydrogen-bond acceptors (Lipinski definition) is 2. The van der Waals surface area contributed by atoms with Gasteiger partial charge >= 0.3 is 5.97 Å². The monoisotopic (exact) mass is 254 g/mol. The minimum Gasteiger partial charge on any atom is -0.478 e. The van der Waals surface area contributed by atoms with Crippen LogP contribution in [0.25, 0.3) is 11.6 Å². The maximum absolute atomic E-state index is 11.9. The number of carbonyl (C=O) groups excluding carboxylic acids is 1. The van der Waals surface area contributed by atoms with Gasteiger partial charge in [0.15, 0.2) is 0 Å². The number of rotatable bonds is 2. The van der Waals surface area contributed by atoms with Gasteiger partial charge in [-0.05, 0) is 36.4 Å². The summed E-state index contributed by atoms with van der Waals surface area (Å²) in [5, 5.41) is 11.7. The van der Waals surface area contributed by atoms with Crippen LogP contribution < -0.4 is 5.32 Å². The van der Waals surface area contributed by atoms with Gasteiger partial charge in [-0.3, -0.25) is 4.79 Å². The van der Waals surface area contributed by atoms with Crippen molar-refractivity contribution in [3.8, 4) is 0 Å². The number of anilines is 1. The smallest absolute Gasteiger partial charge is 0.335 e. The van der Waals surface area contributed by atoms with Crippen molar-refractivity contribution in [2.45, 2.75) is 0 Å². The highest BCUT2D eigenvalue weighted by Crippen LogP contribution is 2.33. The molecule has 0 bridgehead atoms. The summed E-state index contributed by atoms with van der Waals surface area (Å²) in [5.41, 5.74) is 2.65. The lowest BCUT2D eigenvalue weighted by molar-refractivity contribution is -0.110. The topological polar surface area (TPSA) is 82.2 Å². The van der Waals surface area contributed by atoms with E-state index in [9.17, 15) is 9.59 Å². The number of aromatic amines is 1. The van der Waals surface area contributed by atoms with Crippen LogP contribution in [0.2, 0.25) is 0 Å². The van der Waals surface area contributed by atoms with E-state index >= 15 is 0 Å². The molecule has 1 aliphatic rings. The Hall–Kier alpha value is -2.82. The van der Waals surface area contributed by atoms with Crippen LogP contribution in [0.1, 0.15) is 21.6 Å². The molecule has 0 saturated carbocycles. The van der Waals surface area contributed by atoms with Crippen LogP contribution in [0.15, 0.2) is 36.5 Å². The molecule has 0 spiro atoms. The Morgan fingerprint density at radius 2 is 2.11 bits per heavy atom. The first-order valence-electron chi connectivity index (χ1n) is 5.69. The lowest BCUT2D eigenvalue weighted by atomic mass is 10.0. The van der Waals surface area contributed by atoms with Crippen LogP contribution in [0.4, 0.5) is 5.69 Å². The molecule has 1 aromatic heterocycles. The number of aromatic carboxylic acids is 1. The van der Waals surface area contributed by atoms with Gasteiger partial charge in [-0.1, -0.05) is 0 Å². The number of fused-ring (bicyclic) bond motifs is 1. The minimum absolute atomic E-state index is 0.160. The Bertz CT molecular complexity index is 699. The Balaban J connectivity index is 2.12. The van der Waals surface area contributed by atoms with Gasteiger partial charge in [0, 0.05) is 23.1 Å². The van der Waals surface area contributed by atoms with Gasteiger partial charge in [0.1, 0.15) is 0 Å². The Morgan fingerprint density at radius 1 is 1.26 bits per heavy atom. The van der Waals surface area contributed by atoms with E-state index in [1.54, 1.807) is 18.3 Å². The average Bonchev–Trinajstić information content (AvgIpc) is 2.98. The molecule has 94 valence electrons. The summed E-state index contributed by atoms with van der Waals surface area (Å²) in [6, 6.07) is 8.24. The number of H-pyrrole nitrogens is 1. The van der Waals surface area contributed by atoms with Gasteiger partial charge in [-0.25, -0.2) is 4.79 Å². The summed E-state index contributed by atoms with van der Waals surface area (Å²) in [6.45, 7) is 0. The van der Waals surface area contributed by atoms with Crippen molar-refractivity contribution in [1.82, 2.24) is 4.98 Å². The third-order valence-corrected chi connectivity index (χ3v) is 2.97. The minimum atomic E-state index is -1.01. The van der Waals surface area contributed by atoms with Crippen molar-refractivity contribution in [2.24, 2.45) is 0 Å². The molecule has 1 amide bonds. The molecular formula is C14H10N2O3. The van der Waals surface area contributed by atoms with E-state index in [1.165, 1.54) is 12.1 Å². The van der Waals surface area contributed by atoms with E-state index in [1.807, 2.05) is 12.1 Å². The zero-order valence-electron chi connectivity index (χ0n) is 9.81. The molecular weight excluding hydrogens is 244 g/mol. The number of carboxylic acid groups (broad SMARTS) is 1. The van der Waals surface area contributed by atoms with Gasteiger partial charge in [-0.2, -0.15) is 0 Å².